The van der Waals surface area contributed by atoms with Gasteiger partial charge in [-0.05, 0) is 31.5 Å². The van der Waals surface area contributed by atoms with Crippen molar-refractivity contribution in [1.29, 1.82) is 0 Å². The minimum Gasteiger partial charge on any atom is -0.496 e. The molecule has 2 aromatic rings. The van der Waals surface area contributed by atoms with Crippen molar-refractivity contribution in [3.8, 4) is 17.1 Å². The third kappa shape index (κ3) is 2.46. The molecule has 0 aliphatic carbocycles. The Morgan fingerprint density at radius 2 is 2.21 bits per heavy atom. The first-order valence-corrected chi connectivity index (χ1v) is 6.65. The second kappa shape index (κ2) is 5.40. The first-order chi connectivity index (χ1) is 9.38. The maximum atomic E-state index is 5.35. The van der Waals surface area contributed by atoms with Crippen LogP contribution in [0.1, 0.15) is 24.6 Å². The highest BCUT2D eigenvalue weighted by Crippen LogP contribution is 2.28. The Morgan fingerprint density at radius 1 is 1.32 bits per heavy atom. The van der Waals surface area contributed by atoms with E-state index in [0.29, 0.717) is 11.7 Å². The van der Waals surface area contributed by atoms with Crippen LogP contribution in [0, 0.1) is 0 Å². The maximum absolute atomic E-state index is 5.35. The van der Waals surface area contributed by atoms with Crippen LogP contribution in [0.15, 0.2) is 24.3 Å². The number of nitrogens with zero attached hydrogens (tertiary/aromatic N) is 2. The lowest BCUT2D eigenvalue weighted by Crippen LogP contribution is -2.28. The van der Waals surface area contributed by atoms with Crippen molar-refractivity contribution >= 4 is 0 Å². The van der Waals surface area contributed by atoms with Crippen molar-refractivity contribution < 1.29 is 4.74 Å². The molecule has 0 radical (unpaired) electrons. The minimum atomic E-state index is 0.435. The summed E-state index contributed by atoms with van der Waals surface area (Å²) in [5.41, 5.74) is 0.927. The molecule has 1 saturated heterocycles. The van der Waals surface area contributed by atoms with E-state index in [2.05, 4.69) is 20.5 Å². The van der Waals surface area contributed by atoms with Crippen molar-refractivity contribution in [2.24, 2.45) is 0 Å². The Hall–Kier alpha value is -1.88. The zero-order chi connectivity index (χ0) is 13.1. The van der Waals surface area contributed by atoms with E-state index in [0.717, 1.165) is 36.6 Å². The maximum Gasteiger partial charge on any atom is 0.184 e. The molecule has 0 bridgehead atoms. The monoisotopic (exact) mass is 258 g/mol. The average molecular weight is 258 g/mol. The van der Waals surface area contributed by atoms with Crippen LogP contribution in [0.4, 0.5) is 0 Å². The normalized spacial score (nSPS) is 19.3. The molecule has 0 amide bonds. The van der Waals surface area contributed by atoms with Gasteiger partial charge in [-0.15, -0.1) is 0 Å². The molecular weight excluding hydrogens is 240 g/mol. The Morgan fingerprint density at radius 3 is 3.00 bits per heavy atom. The van der Waals surface area contributed by atoms with E-state index in [4.69, 9.17) is 4.74 Å². The molecule has 1 atom stereocenters. The molecule has 1 aliphatic heterocycles. The Kier molecular flexibility index (Phi) is 3.46. The second-order valence-electron chi connectivity index (χ2n) is 4.79. The summed E-state index contributed by atoms with van der Waals surface area (Å²) >= 11 is 0. The van der Waals surface area contributed by atoms with Crippen LogP contribution >= 0.6 is 0 Å². The summed E-state index contributed by atoms with van der Waals surface area (Å²) in [6.07, 6.45) is 2.35. The number of aromatic nitrogens is 3. The smallest absolute Gasteiger partial charge is 0.184 e. The number of H-pyrrole nitrogens is 1. The van der Waals surface area contributed by atoms with Gasteiger partial charge >= 0.3 is 0 Å². The van der Waals surface area contributed by atoms with E-state index in [1.54, 1.807) is 7.11 Å². The van der Waals surface area contributed by atoms with E-state index in [-0.39, 0.29) is 0 Å². The molecule has 0 saturated carbocycles. The van der Waals surface area contributed by atoms with Gasteiger partial charge in [-0.25, -0.2) is 4.98 Å². The molecule has 1 aliphatic rings. The summed E-state index contributed by atoms with van der Waals surface area (Å²) in [5.74, 6) is 2.91. The van der Waals surface area contributed by atoms with Crippen molar-refractivity contribution in [2.45, 2.75) is 18.8 Å². The third-order valence-corrected chi connectivity index (χ3v) is 3.53. The number of para-hydroxylation sites is 1. The fourth-order valence-corrected chi connectivity index (χ4v) is 2.49. The van der Waals surface area contributed by atoms with Crippen molar-refractivity contribution in [1.82, 2.24) is 20.5 Å². The highest BCUT2D eigenvalue weighted by molar-refractivity contribution is 5.63. The van der Waals surface area contributed by atoms with Crippen LogP contribution in [0.3, 0.4) is 0 Å². The van der Waals surface area contributed by atoms with Gasteiger partial charge in [0.15, 0.2) is 5.82 Å². The van der Waals surface area contributed by atoms with Crippen molar-refractivity contribution in [3.05, 3.63) is 30.1 Å². The summed E-state index contributed by atoms with van der Waals surface area (Å²) < 4.78 is 5.35. The van der Waals surface area contributed by atoms with Gasteiger partial charge in [0.1, 0.15) is 11.6 Å². The van der Waals surface area contributed by atoms with Gasteiger partial charge in [0.2, 0.25) is 0 Å². The highest BCUT2D eigenvalue weighted by atomic mass is 16.5. The topological polar surface area (TPSA) is 62.8 Å². The summed E-state index contributed by atoms with van der Waals surface area (Å²) in [6, 6.07) is 7.81. The number of ether oxygens (including phenoxy) is 1. The number of piperidine rings is 1. The average Bonchev–Trinajstić information content (AvgIpc) is 2.98. The van der Waals surface area contributed by atoms with Crippen molar-refractivity contribution in [3.63, 3.8) is 0 Å². The fourth-order valence-electron chi connectivity index (χ4n) is 2.49. The molecule has 1 fully saturated rings. The van der Waals surface area contributed by atoms with Crippen LogP contribution in [-0.4, -0.2) is 35.4 Å². The van der Waals surface area contributed by atoms with Gasteiger partial charge in [0.05, 0.1) is 12.7 Å². The van der Waals surface area contributed by atoms with Crippen molar-refractivity contribution in [2.75, 3.05) is 20.2 Å². The molecule has 5 heteroatoms. The lowest BCUT2D eigenvalue weighted by molar-refractivity contribution is 0.416. The van der Waals surface area contributed by atoms with Crippen LogP contribution in [0.2, 0.25) is 0 Å². The standard InChI is InChI=1S/C14H18N4O/c1-19-12-7-3-2-6-11(12)14-16-13(17-18-14)10-5-4-8-15-9-10/h2-3,6-7,10,15H,4-5,8-9H2,1H3,(H,16,17,18). The van der Waals surface area contributed by atoms with E-state index >= 15 is 0 Å². The molecule has 2 N–H and O–H groups in total. The van der Waals surface area contributed by atoms with Crippen LogP contribution in [0.25, 0.3) is 11.4 Å². The largest absolute Gasteiger partial charge is 0.496 e. The fraction of sp³-hybridized carbons (Fsp3) is 0.429. The lowest BCUT2D eigenvalue weighted by atomic mass is 9.99. The lowest BCUT2D eigenvalue weighted by Gasteiger charge is -2.20. The molecule has 19 heavy (non-hydrogen) atoms. The highest BCUT2D eigenvalue weighted by Gasteiger charge is 2.20. The van der Waals surface area contributed by atoms with E-state index < -0.39 is 0 Å². The molecular formula is C14H18N4O. The predicted octanol–water partition coefficient (Wildman–Crippen LogP) is 1.95. The van der Waals surface area contributed by atoms with E-state index in [1.165, 1.54) is 6.42 Å². The SMILES string of the molecule is COc1ccccc1-c1n[nH]c(C2CCCNC2)n1. The van der Waals surface area contributed by atoms with Crippen LogP contribution < -0.4 is 10.1 Å². The first kappa shape index (κ1) is 12.2. The molecule has 5 nitrogen and oxygen atoms in total. The number of rotatable bonds is 3. The number of nitrogens with one attached hydrogen (secondary N) is 2. The van der Waals surface area contributed by atoms with E-state index in [9.17, 15) is 0 Å². The number of methoxy groups -OCH3 is 1. The molecule has 1 unspecified atom stereocenters. The molecule has 0 spiro atoms. The Balaban J connectivity index is 1.88. The quantitative estimate of drug-likeness (QED) is 0.883. The molecule has 100 valence electrons. The number of aromatic amines is 1. The van der Waals surface area contributed by atoms with Gasteiger partial charge < -0.3 is 10.1 Å². The first-order valence-electron chi connectivity index (χ1n) is 6.65. The van der Waals surface area contributed by atoms with Gasteiger partial charge in [-0.3, -0.25) is 5.10 Å². The zero-order valence-corrected chi connectivity index (χ0v) is 11.0. The number of hydrogen-bond donors (Lipinski definition) is 2. The van der Waals surface area contributed by atoms with Gasteiger partial charge in [0.25, 0.3) is 0 Å². The zero-order valence-electron chi connectivity index (χ0n) is 11.0. The van der Waals surface area contributed by atoms with Crippen LogP contribution in [-0.2, 0) is 0 Å². The molecule has 1 aromatic carbocycles. The number of hydrogen-bond acceptors (Lipinski definition) is 4. The van der Waals surface area contributed by atoms with E-state index in [1.807, 2.05) is 24.3 Å². The molecule has 1 aromatic heterocycles. The Labute approximate surface area is 112 Å². The summed E-state index contributed by atoms with van der Waals surface area (Å²) in [7, 11) is 1.66. The predicted molar refractivity (Wildman–Crippen MR) is 73.2 cm³/mol. The third-order valence-electron chi connectivity index (χ3n) is 3.53. The summed E-state index contributed by atoms with van der Waals surface area (Å²) in [5, 5.41) is 10.8. The molecule has 2 heterocycles. The number of benzene rings is 1. The minimum absolute atomic E-state index is 0.435. The second-order valence-corrected chi connectivity index (χ2v) is 4.79. The summed E-state index contributed by atoms with van der Waals surface area (Å²) in [4.78, 5) is 4.63. The summed E-state index contributed by atoms with van der Waals surface area (Å²) in [6.45, 7) is 2.07. The van der Waals surface area contributed by atoms with Crippen LogP contribution in [0.5, 0.6) is 5.75 Å². The molecule has 3 rings (SSSR count). The van der Waals surface area contributed by atoms with Gasteiger partial charge in [-0.1, -0.05) is 12.1 Å². The van der Waals surface area contributed by atoms with Gasteiger partial charge in [0, 0.05) is 12.5 Å². The Bertz CT molecular complexity index is 546. The van der Waals surface area contributed by atoms with Gasteiger partial charge in [-0.2, -0.15) is 5.10 Å².